The van der Waals surface area contributed by atoms with Crippen LogP contribution in [0.15, 0.2) is 0 Å². The van der Waals surface area contributed by atoms with E-state index in [9.17, 15) is 0 Å². The van der Waals surface area contributed by atoms with Crippen molar-refractivity contribution in [2.24, 2.45) is 0 Å². The van der Waals surface area contributed by atoms with Crippen molar-refractivity contribution in [3.8, 4) is 11.8 Å². The second kappa shape index (κ2) is 8.04. The molecule has 0 saturated carbocycles. The lowest BCUT2D eigenvalue weighted by molar-refractivity contribution is 0.0456. The number of hydrogen-bond donors (Lipinski definition) is 1. The maximum absolute atomic E-state index is 5.79. The Morgan fingerprint density at radius 2 is 2.47 bits per heavy atom. The Hall–Kier alpha value is -0.170. The summed E-state index contributed by atoms with van der Waals surface area (Å²) in [5, 5.41) is 3.51. The molecule has 2 atom stereocenters. The zero-order valence-corrected chi connectivity index (χ0v) is 10.5. The quantitative estimate of drug-likeness (QED) is 0.725. The van der Waals surface area contributed by atoms with Crippen LogP contribution in [0.3, 0.4) is 0 Å². The molecule has 1 aliphatic rings. The second-order valence-corrected chi connectivity index (χ2v) is 4.76. The van der Waals surface area contributed by atoms with Gasteiger partial charge in [0.2, 0.25) is 0 Å². The van der Waals surface area contributed by atoms with Gasteiger partial charge in [-0.15, -0.1) is 11.8 Å². The molecule has 1 aliphatic heterocycles. The van der Waals surface area contributed by atoms with Crippen molar-refractivity contribution in [3.63, 3.8) is 0 Å². The van der Waals surface area contributed by atoms with Gasteiger partial charge in [0.25, 0.3) is 0 Å². The summed E-state index contributed by atoms with van der Waals surface area (Å²) in [6.45, 7) is 5.95. The standard InChI is InChI=1S/C12H21NOS/c1-3-5-6-7-11(13-4-2)12-10-15-9-8-14-12/h11-13H,4,6-10H2,1-2H3. The molecule has 0 amide bonds. The highest BCUT2D eigenvalue weighted by Gasteiger charge is 2.23. The maximum Gasteiger partial charge on any atom is 0.0818 e. The largest absolute Gasteiger partial charge is 0.375 e. The molecule has 0 radical (unpaired) electrons. The minimum atomic E-state index is 0.377. The summed E-state index contributed by atoms with van der Waals surface area (Å²) in [6.07, 6.45) is 2.45. The summed E-state index contributed by atoms with van der Waals surface area (Å²) in [7, 11) is 0. The number of thioether (sulfide) groups is 1. The van der Waals surface area contributed by atoms with Crippen LogP contribution in [0, 0.1) is 11.8 Å². The van der Waals surface area contributed by atoms with Gasteiger partial charge >= 0.3 is 0 Å². The summed E-state index contributed by atoms with van der Waals surface area (Å²) in [6, 6.07) is 0.476. The minimum absolute atomic E-state index is 0.377. The zero-order valence-electron chi connectivity index (χ0n) is 9.71. The zero-order chi connectivity index (χ0) is 10.9. The van der Waals surface area contributed by atoms with Gasteiger partial charge in [0.05, 0.1) is 12.7 Å². The van der Waals surface area contributed by atoms with Gasteiger partial charge in [0.15, 0.2) is 0 Å². The number of ether oxygens (including phenoxy) is 1. The molecule has 1 N–H and O–H groups in total. The van der Waals surface area contributed by atoms with Gasteiger partial charge in [-0.3, -0.25) is 0 Å². The first-order valence-electron chi connectivity index (χ1n) is 5.70. The fourth-order valence-corrected chi connectivity index (χ4v) is 2.71. The highest BCUT2D eigenvalue weighted by atomic mass is 32.2. The van der Waals surface area contributed by atoms with Crippen LogP contribution in [-0.2, 0) is 4.74 Å². The smallest absolute Gasteiger partial charge is 0.0818 e. The average molecular weight is 227 g/mol. The van der Waals surface area contributed by atoms with Crippen LogP contribution in [-0.4, -0.2) is 36.8 Å². The van der Waals surface area contributed by atoms with Gasteiger partial charge in [-0.05, 0) is 19.9 Å². The molecule has 0 aromatic carbocycles. The van der Waals surface area contributed by atoms with E-state index in [1.807, 2.05) is 18.7 Å². The van der Waals surface area contributed by atoms with E-state index in [1.54, 1.807) is 0 Å². The first-order chi connectivity index (χ1) is 7.38. The van der Waals surface area contributed by atoms with E-state index in [4.69, 9.17) is 4.74 Å². The van der Waals surface area contributed by atoms with E-state index in [0.717, 1.165) is 37.5 Å². The monoisotopic (exact) mass is 227 g/mol. The molecule has 15 heavy (non-hydrogen) atoms. The predicted octanol–water partition coefficient (Wildman–Crippen LogP) is 1.90. The third-order valence-electron chi connectivity index (χ3n) is 2.51. The van der Waals surface area contributed by atoms with E-state index in [0.29, 0.717) is 12.1 Å². The van der Waals surface area contributed by atoms with E-state index >= 15 is 0 Å². The summed E-state index contributed by atoms with van der Waals surface area (Å²) in [4.78, 5) is 0. The van der Waals surface area contributed by atoms with Crippen LogP contribution >= 0.6 is 11.8 Å². The fraction of sp³-hybridized carbons (Fsp3) is 0.833. The molecule has 1 saturated heterocycles. The molecule has 0 aliphatic carbocycles. The molecule has 1 heterocycles. The molecular formula is C12H21NOS. The molecule has 2 unspecified atom stereocenters. The van der Waals surface area contributed by atoms with Crippen LogP contribution in [0.1, 0.15) is 26.7 Å². The van der Waals surface area contributed by atoms with Gasteiger partial charge in [-0.1, -0.05) is 6.92 Å². The molecule has 0 aromatic heterocycles. The van der Waals surface area contributed by atoms with Crippen molar-refractivity contribution in [1.29, 1.82) is 0 Å². The molecule has 86 valence electrons. The molecule has 1 fully saturated rings. The Balaban J connectivity index is 2.35. The van der Waals surface area contributed by atoms with E-state index in [-0.39, 0.29) is 0 Å². The summed E-state index contributed by atoms with van der Waals surface area (Å²) >= 11 is 2.00. The van der Waals surface area contributed by atoms with Crippen LogP contribution in [0.2, 0.25) is 0 Å². The van der Waals surface area contributed by atoms with Gasteiger partial charge in [0, 0.05) is 24.0 Å². The van der Waals surface area contributed by atoms with Crippen LogP contribution in [0.25, 0.3) is 0 Å². The molecule has 1 rings (SSSR count). The van der Waals surface area contributed by atoms with Gasteiger partial charge in [-0.25, -0.2) is 0 Å². The molecule has 0 bridgehead atoms. The lowest BCUT2D eigenvalue weighted by Gasteiger charge is -2.30. The minimum Gasteiger partial charge on any atom is -0.375 e. The van der Waals surface area contributed by atoms with Crippen molar-refractivity contribution in [3.05, 3.63) is 0 Å². The van der Waals surface area contributed by atoms with Crippen LogP contribution in [0.4, 0.5) is 0 Å². The van der Waals surface area contributed by atoms with Crippen molar-refractivity contribution >= 4 is 11.8 Å². The Kier molecular flexibility index (Phi) is 6.91. The number of nitrogens with one attached hydrogen (secondary N) is 1. The van der Waals surface area contributed by atoms with Gasteiger partial charge in [0.1, 0.15) is 0 Å². The maximum atomic E-state index is 5.79. The normalized spacial score (nSPS) is 22.9. The highest BCUT2D eigenvalue weighted by Crippen LogP contribution is 2.17. The summed E-state index contributed by atoms with van der Waals surface area (Å²) in [5.41, 5.74) is 0. The molecule has 0 aromatic rings. The third kappa shape index (κ3) is 4.92. The SMILES string of the molecule is CC#CCCC(NCC)C1CSCCO1. The van der Waals surface area contributed by atoms with Crippen molar-refractivity contribution in [2.45, 2.75) is 38.8 Å². The molecular weight excluding hydrogens is 206 g/mol. The van der Waals surface area contributed by atoms with Crippen LogP contribution < -0.4 is 5.32 Å². The van der Waals surface area contributed by atoms with Gasteiger partial charge < -0.3 is 10.1 Å². The second-order valence-electron chi connectivity index (χ2n) is 3.61. The van der Waals surface area contributed by atoms with E-state index in [1.165, 1.54) is 0 Å². The highest BCUT2D eigenvalue weighted by molar-refractivity contribution is 7.99. The van der Waals surface area contributed by atoms with E-state index in [2.05, 4.69) is 24.1 Å². The fourth-order valence-electron chi connectivity index (χ4n) is 1.77. The lowest BCUT2D eigenvalue weighted by Crippen LogP contribution is -2.44. The Morgan fingerprint density at radius 3 is 3.07 bits per heavy atom. The third-order valence-corrected chi connectivity index (χ3v) is 3.53. The Morgan fingerprint density at radius 1 is 1.60 bits per heavy atom. The molecule has 3 heteroatoms. The Labute approximate surface area is 97.5 Å². The van der Waals surface area contributed by atoms with Gasteiger partial charge in [-0.2, -0.15) is 11.8 Å². The van der Waals surface area contributed by atoms with E-state index < -0.39 is 0 Å². The first-order valence-corrected chi connectivity index (χ1v) is 6.86. The molecule has 0 spiro atoms. The summed E-state index contributed by atoms with van der Waals surface area (Å²) in [5.74, 6) is 8.33. The summed E-state index contributed by atoms with van der Waals surface area (Å²) < 4.78 is 5.79. The van der Waals surface area contributed by atoms with Crippen molar-refractivity contribution in [2.75, 3.05) is 24.7 Å². The Bertz CT molecular complexity index is 215. The number of likely N-dealkylation sites (N-methyl/N-ethyl adjacent to an activating group) is 1. The number of hydrogen-bond acceptors (Lipinski definition) is 3. The van der Waals surface area contributed by atoms with Crippen molar-refractivity contribution in [1.82, 2.24) is 5.32 Å². The lowest BCUT2D eigenvalue weighted by atomic mass is 10.1. The van der Waals surface area contributed by atoms with Crippen LogP contribution in [0.5, 0.6) is 0 Å². The number of rotatable bonds is 5. The topological polar surface area (TPSA) is 21.3 Å². The molecule has 2 nitrogen and oxygen atoms in total. The van der Waals surface area contributed by atoms with Crippen molar-refractivity contribution < 1.29 is 4.74 Å². The predicted molar refractivity (Wildman–Crippen MR) is 67.2 cm³/mol. The average Bonchev–Trinajstić information content (AvgIpc) is 2.29. The first kappa shape index (κ1) is 12.9.